The van der Waals surface area contributed by atoms with Crippen molar-refractivity contribution in [2.24, 2.45) is 0 Å². The van der Waals surface area contributed by atoms with Crippen LogP contribution in [-0.4, -0.2) is 30.6 Å². The van der Waals surface area contributed by atoms with Crippen molar-refractivity contribution in [3.63, 3.8) is 0 Å². The maximum absolute atomic E-state index is 5.43. The van der Waals surface area contributed by atoms with Crippen LogP contribution in [0.4, 0.5) is 0 Å². The lowest BCUT2D eigenvalue weighted by atomic mass is 10.2. The topological polar surface area (TPSA) is 28.4 Å². The van der Waals surface area contributed by atoms with Crippen LogP contribution in [0.2, 0.25) is 0 Å². The third kappa shape index (κ3) is 3.58. The zero-order valence-corrected chi connectivity index (χ0v) is 11.0. The Hall–Kier alpha value is -0.800. The molecule has 0 aromatic carbocycles. The first-order chi connectivity index (χ1) is 8.29. The van der Waals surface area contributed by atoms with Crippen LogP contribution in [0, 0.1) is 0 Å². The van der Waals surface area contributed by atoms with Gasteiger partial charge in [0.1, 0.15) is 5.76 Å². The van der Waals surface area contributed by atoms with Crippen LogP contribution in [-0.2, 0) is 13.0 Å². The Morgan fingerprint density at radius 2 is 2.18 bits per heavy atom. The summed E-state index contributed by atoms with van der Waals surface area (Å²) in [7, 11) is 0. The molecule has 1 aliphatic rings. The van der Waals surface area contributed by atoms with Crippen LogP contribution in [0.25, 0.3) is 0 Å². The lowest BCUT2D eigenvalue weighted by molar-refractivity contribution is 0.298. The molecule has 0 bridgehead atoms. The molecule has 0 radical (unpaired) electrons. The van der Waals surface area contributed by atoms with Crippen molar-refractivity contribution in [2.75, 3.05) is 19.6 Å². The Kier molecular flexibility index (Phi) is 4.63. The fourth-order valence-electron chi connectivity index (χ4n) is 2.54. The molecule has 1 fully saturated rings. The van der Waals surface area contributed by atoms with Gasteiger partial charge in [-0.05, 0) is 38.9 Å². The van der Waals surface area contributed by atoms with E-state index in [0.717, 1.165) is 18.7 Å². The molecule has 1 unspecified atom stereocenters. The SMILES string of the molecule is CCc1occc1CNC(C)CN1CCCC1. The average Bonchev–Trinajstić information content (AvgIpc) is 2.96. The van der Waals surface area contributed by atoms with E-state index in [1.165, 1.54) is 38.0 Å². The van der Waals surface area contributed by atoms with E-state index in [2.05, 4.69) is 30.1 Å². The zero-order chi connectivity index (χ0) is 12.1. The van der Waals surface area contributed by atoms with E-state index in [1.807, 2.05) is 0 Å². The Morgan fingerprint density at radius 3 is 2.88 bits per heavy atom. The van der Waals surface area contributed by atoms with E-state index >= 15 is 0 Å². The van der Waals surface area contributed by atoms with Gasteiger partial charge in [0.25, 0.3) is 0 Å². The van der Waals surface area contributed by atoms with Crippen molar-refractivity contribution in [2.45, 2.75) is 45.7 Å². The van der Waals surface area contributed by atoms with Crippen molar-refractivity contribution >= 4 is 0 Å². The van der Waals surface area contributed by atoms with E-state index in [-0.39, 0.29) is 0 Å². The molecule has 0 spiro atoms. The molecule has 3 nitrogen and oxygen atoms in total. The van der Waals surface area contributed by atoms with Crippen molar-refractivity contribution in [3.05, 3.63) is 23.7 Å². The van der Waals surface area contributed by atoms with Crippen LogP contribution in [0.5, 0.6) is 0 Å². The van der Waals surface area contributed by atoms with E-state index < -0.39 is 0 Å². The predicted octanol–water partition coefficient (Wildman–Crippen LogP) is 2.42. The van der Waals surface area contributed by atoms with Gasteiger partial charge >= 0.3 is 0 Å². The van der Waals surface area contributed by atoms with Gasteiger partial charge in [-0.3, -0.25) is 0 Å². The second kappa shape index (κ2) is 6.22. The minimum atomic E-state index is 0.549. The van der Waals surface area contributed by atoms with Crippen LogP contribution in [0.15, 0.2) is 16.7 Å². The molecule has 0 amide bonds. The second-order valence-corrected chi connectivity index (χ2v) is 5.01. The molecule has 1 aromatic rings. The largest absolute Gasteiger partial charge is 0.469 e. The minimum Gasteiger partial charge on any atom is -0.469 e. The second-order valence-electron chi connectivity index (χ2n) is 5.01. The number of hydrogen-bond donors (Lipinski definition) is 1. The predicted molar refractivity (Wildman–Crippen MR) is 70.1 cm³/mol. The number of likely N-dealkylation sites (tertiary alicyclic amines) is 1. The number of hydrogen-bond acceptors (Lipinski definition) is 3. The molecule has 1 N–H and O–H groups in total. The van der Waals surface area contributed by atoms with Gasteiger partial charge in [0.15, 0.2) is 0 Å². The molecule has 0 saturated carbocycles. The van der Waals surface area contributed by atoms with E-state index in [4.69, 9.17) is 4.42 Å². The Balaban J connectivity index is 1.73. The van der Waals surface area contributed by atoms with Gasteiger partial charge in [-0.15, -0.1) is 0 Å². The first-order valence-corrected chi connectivity index (χ1v) is 6.80. The van der Waals surface area contributed by atoms with E-state index in [1.54, 1.807) is 6.26 Å². The molecule has 1 saturated heterocycles. The van der Waals surface area contributed by atoms with Crippen molar-refractivity contribution in [3.8, 4) is 0 Å². The van der Waals surface area contributed by atoms with Crippen molar-refractivity contribution in [1.29, 1.82) is 0 Å². The summed E-state index contributed by atoms with van der Waals surface area (Å²) in [5.74, 6) is 1.12. The highest BCUT2D eigenvalue weighted by molar-refractivity contribution is 5.16. The minimum absolute atomic E-state index is 0.549. The highest BCUT2D eigenvalue weighted by Crippen LogP contribution is 2.11. The Labute approximate surface area is 104 Å². The van der Waals surface area contributed by atoms with Gasteiger partial charge in [-0.1, -0.05) is 6.92 Å². The molecule has 2 rings (SSSR count). The summed E-state index contributed by atoms with van der Waals surface area (Å²) in [5.41, 5.74) is 1.31. The molecule has 1 aliphatic heterocycles. The number of nitrogens with zero attached hydrogens (tertiary/aromatic N) is 1. The van der Waals surface area contributed by atoms with Crippen LogP contribution in [0.3, 0.4) is 0 Å². The van der Waals surface area contributed by atoms with Crippen molar-refractivity contribution < 1.29 is 4.42 Å². The molecular weight excluding hydrogens is 212 g/mol. The summed E-state index contributed by atoms with van der Waals surface area (Å²) < 4.78 is 5.43. The summed E-state index contributed by atoms with van der Waals surface area (Å²) in [6, 6.07) is 2.63. The molecule has 1 atom stereocenters. The van der Waals surface area contributed by atoms with Crippen LogP contribution >= 0.6 is 0 Å². The van der Waals surface area contributed by atoms with Crippen LogP contribution in [0.1, 0.15) is 38.0 Å². The molecule has 17 heavy (non-hydrogen) atoms. The maximum atomic E-state index is 5.43. The number of aryl methyl sites for hydroxylation is 1. The lowest BCUT2D eigenvalue weighted by Gasteiger charge is -2.21. The normalized spacial score (nSPS) is 18.7. The summed E-state index contributed by atoms with van der Waals surface area (Å²) >= 11 is 0. The highest BCUT2D eigenvalue weighted by Gasteiger charge is 2.14. The maximum Gasteiger partial charge on any atom is 0.107 e. The smallest absolute Gasteiger partial charge is 0.107 e. The average molecular weight is 236 g/mol. The molecule has 3 heteroatoms. The summed E-state index contributed by atoms with van der Waals surface area (Å²) in [6.45, 7) is 9.05. The summed E-state index contributed by atoms with van der Waals surface area (Å²) in [6.07, 6.45) is 5.51. The van der Waals surface area contributed by atoms with Gasteiger partial charge < -0.3 is 14.6 Å². The van der Waals surface area contributed by atoms with E-state index in [0.29, 0.717) is 6.04 Å². The number of furan rings is 1. The monoisotopic (exact) mass is 236 g/mol. The molecule has 0 aliphatic carbocycles. The number of nitrogens with one attached hydrogen (secondary N) is 1. The van der Waals surface area contributed by atoms with E-state index in [9.17, 15) is 0 Å². The Bertz CT molecular complexity index is 329. The molecule has 2 heterocycles. The van der Waals surface area contributed by atoms with Gasteiger partial charge in [0.05, 0.1) is 6.26 Å². The van der Waals surface area contributed by atoms with Crippen LogP contribution < -0.4 is 5.32 Å². The van der Waals surface area contributed by atoms with Gasteiger partial charge in [0, 0.05) is 31.1 Å². The third-order valence-electron chi connectivity index (χ3n) is 3.53. The fraction of sp³-hybridized carbons (Fsp3) is 0.714. The van der Waals surface area contributed by atoms with Gasteiger partial charge in [0.2, 0.25) is 0 Å². The standard InChI is InChI=1S/C14H24N2O/c1-3-14-13(6-9-17-14)10-15-12(2)11-16-7-4-5-8-16/h6,9,12,15H,3-5,7-8,10-11H2,1-2H3. The molecule has 96 valence electrons. The fourth-order valence-corrected chi connectivity index (χ4v) is 2.54. The first kappa shape index (κ1) is 12.7. The summed E-state index contributed by atoms with van der Waals surface area (Å²) in [4.78, 5) is 2.55. The summed E-state index contributed by atoms with van der Waals surface area (Å²) in [5, 5.41) is 3.58. The highest BCUT2D eigenvalue weighted by atomic mass is 16.3. The van der Waals surface area contributed by atoms with Gasteiger partial charge in [-0.2, -0.15) is 0 Å². The third-order valence-corrected chi connectivity index (χ3v) is 3.53. The first-order valence-electron chi connectivity index (χ1n) is 6.80. The molecule has 1 aromatic heterocycles. The van der Waals surface area contributed by atoms with Crippen molar-refractivity contribution in [1.82, 2.24) is 10.2 Å². The van der Waals surface area contributed by atoms with Gasteiger partial charge in [-0.25, -0.2) is 0 Å². The molecular formula is C14H24N2O. The quantitative estimate of drug-likeness (QED) is 0.822. The number of rotatable bonds is 6. The zero-order valence-electron chi connectivity index (χ0n) is 11.0. The Morgan fingerprint density at radius 1 is 1.41 bits per heavy atom. The lowest BCUT2D eigenvalue weighted by Crippen LogP contribution is -2.37.